The molecule has 1 amide bonds. The van der Waals surface area contributed by atoms with Gasteiger partial charge in [0.2, 0.25) is 0 Å². The molecular formula is C23H20FN5O. The summed E-state index contributed by atoms with van der Waals surface area (Å²) in [4.78, 5) is 28.9. The third-order valence-electron chi connectivity index (χ3n) is 5.50. The van der Waals surface area contributed by atoms with Crippen LogP contribution < -0.4 is 4.90 Å². The van der Waals surface area contributed by atoms with Gasteiger partial charge in [0, 0.05) is 54.9 Å². The van der Waals surface area contributed by atoms with E-state index in [9.17, 15) is 9.18 Å². The van der Waals surface area contributed by atoms with Gasteiger partial charge in [0.05, 0.1) is 11.3 Å². The summed E-state index contributed by atoms with van der Waals surface area (Å²) in [5.74, 6) is 0.578. The number of nitrogens with one attached hydrogen (secondary N) is 1. The molecule has 0 aliphatic carbocycles. The van der Waals surface area contributed by atoms with Crippen LogP contribution in [0.2, 0.25) is 0 Å². The fourth-order valence-corrected chi connectivity index (χ4v) is 3.86. The number of benzene rings is 2. The molecule has 150 valence electrons. The van der Waals surface area contributed by atoms with E-state index in [0.29, 0.717) is 31.7 Å². The summed E-state index contributed by atoms with van der Waals surface area (Å²) < 4.78 is 13.2. The van der Waals surface area contributed by atoms with E-state index in [2.05, 4.69) is 19.9 Å². The van der Waals surface area contributed by atoms with Crippen molar-refractivity contribution in [3.05, 3.63) is 78.5 Å². The number of carbonyl (C=O) groups excluding carboxylic acids is 1. The molecule has 1 aliphatic heterocycles. The van der Waals surface area contributed by atoms with Gasteiger partial charge in [-0.2, -0.15) is 0 Å². The molecule has 4 aromatic rings. The lowest BCUT2D eigenvalue weighted by atomic mass is 10.1. The fourth-order valence-electron chi connectivity index (χ4n) is 3.86. The summed E-state index contributed by atoms with van der Waals surface area (Å²) in [7, 11) is 0. The van der Waals surface area contributed by atoms with Crippen molar-refractivity contribution in [1.29, 1.82) is 0 Å². The summed E-state index contributed by atoms with van der Waals surface area (Å²) >= 11 is 0. The topological polar surface area (TPSA) is 65.1 Å². The Kier molecular flexibility index (Phi) is 4.63. The Bertz CT molecular complexity index is 1200. The second-order valence-electron chi connectivity index (χ2n) is 7.30. The molecule has 1 saturated heterocycles. The average molecular weight is 401 g/mol. The molecule has 2 aromatic carbocycles. The minimum atomic E-state index is -0.274. The fraction of sp³-hybridized carbons (Fsp3) is 0.174. The highest BCUT2D eigenvalue weighted by molar-refractivity contribution is 6.06. The molecule has 1 aliphatic rings. The number of nitrogens with zero attached hydrogens (tertiary/aromatic N) is 4. The molecule has 6 nitrogen and oxygen atoms in total. The number of anilines is 1. The first-order chi connectivity index (χ1) is 14.7. The largest absolute Gasteiger partial charge is 0.360 e. The maximum absolute atomic E-state index is 13.2. The first-order valence-electron chi connectivity index (χ1n) is 9.87. The van der Waals surface area contributed by atoms with Crippen molar-refractivity contribution in [3.63, 3.8) is 0 Å². The van der Waals surface area contributed by atoms with Crippen molar-refractivity contribution in [2.24, 2.45) is 0 Å². The summed E-state index contributed by atoms with van der Waals surface area (Å²) in [5, 5.41) is 0.949. The Morgan fingerprint density at radius 2 is 1.73 bits per heavy atom. The molecule has 0 bridgehead atoms. The Hall–Kier alpha value is -3.74. The van der Waals surface area contributed by atoms with Crippen molar-refractivity contribution in [2.75, 3.05) is 31.1 Å². The van der Waals surface area contributed by atoms with E-state index in [0.717, 1.165) is 28.0 Å². The lowest BCUT2D eigenvalue weighted by Crippen LogP contribution is -2.49. The summed E-state index contributed by atoms with van der Waals surface area (Å²) in [6.45, 7) is 2.62. The summed E-state index contributed by atoms with van der Waals surface area (Å²) in [6, 6.07) is 16.0. The van der Waals surface area contributed by atoms with Crippen LogP contribution in [0.5, 0.6) is 0 Å². The van der Waals surface area contributed by atoms with Gasteiger partial charge in [-0.15, -0.1) is 0 Å². The van der Waals surface area contributed by atoms with E-state index in [1.54, 1.807) is 18.3 Å². The van der Waals surface area contributed by atoms with Gasteiger partial charge < -0.3 is 14.8 Å². The second-order valence-corrected chi connectivity index (χ2v) is 7.30. The molecule has 3 heterocycles. The van der Waals surface area contributed by atoms with Gasteiger partial charge in [0.1, 0.15) is 18.0 Å². The minimum Gasteiger partial charge on any atom is -0.360 e. The molecule has 2 aromatic heterocycles. The number of piperazine rings is 1. The Balaban J connectivity index is 1.30. The lowest BCUT2D eigenvalue weighted by Gasteiger charge is -2.35. The smallest absolute Gasteiger partial charge is 0.256 e. The molecule has 0 atom stereocenters. The number of carbonyl (C=O) groups is 1. The van der Waals surface area contributed by atoms with Crippen LogP contribution in [0.25, 0.3) is 22.2 Å². The van der Waals surface area contributed by atoms with Gasteiger partial charge in [-0.05, 0) is 30.3 Å². The van der Waals surface area contributed by atoms with E-state index in [1.165, 1.54) is 18.5 Å². The number of H-pyrrole nitrogens is 1. The van der Waals surface area contributed by atoms with Crippen LogP contribution in [0.1, 0.15) is 10.4 Å². The molecular weight excluding hydrogens is 381 g/mol. The summed E-state index contributed by atoms with van der Waals surface area (Å²) in [6.07, 6.45) is 3.32. The quantitative estimate of drug-likeness (QED) is 0.568. The molecule has 0 saturated carbocycles. The van der Waals surface area contributed by atoms with Crippen molar-refractivity contribution in [3.8, 4) is 11.3 Å². The monoisotopic (exact) mass is 401 g/mol. The number of hydrogen-bond acceptors (Lipinski definition) is 4. The van der Waals surface area contributed by atoms with E-state index in [-0.39, 0.29) is 11.7 Å². The number of hydrogen-bond donors (Lipinski definition) is 1. The van der Waals surface area contributed by atoms with Gasteiger partial charge in [-0.1, -0.05) is 18.2 Å². The van der Waals surface area contributed by atoms with E-state index in [4.69, 9.17) is 0 Å². The normalized spacial score (nSPS) is 14.3. The van der Waals surface area contributed by atoms with Crippen molar-refractivity contribution in [1.82, 2.24) is 19.9 Å². The number of aromatic amines is 1. The molecule has 0 radical (unpaired) electrons. The Morgan fingerprint density at radius 3 is 2.53 bits per heavy atom. The van der Waals surface area contributed by atoms with Crippen LogP contribution in [0.4, 0.5) is 10.2 Å². The third kappa shape index (κ3) is 3.39. The molecule has 5 rings (SSSR count). The number of rotatable bonds is 3. The molecule has 30 heavy (non-hydrogen) atoms. The van der Waals surface area contributed by atoms with Gasteiger partial charge in [-0.3, -0.25) is 4.79 Å². The van der Waals surface area contributed by atoms with Gasteiger partial charge in [0.25, 0.3) is 5.91 Å². The van der Waals surface area contributed by atoms with Crippen LogP contribution in [0, 0.1) is 5.82 Å². The van der Waals surface area contributed by atoms with E-state index >= 15 is 0 Å². The first-order valence-corrected chi connectivity index (χ1v) is 9.87. The SMILES string of the molecule is O=C(c1c[nH]c2ccccc12)N1CCN(c2cc(-c3ccc(F)cc3)ncn2)CC1. The highest BCUT2D eigenvalue weighted by Crippen LogP contribution is 2.23. The van der Waals surface area contributed by atoms with Crippen molar-refractivity contribution < 1.29 is 9.18 Å². The molecule has 1 N–H and O–H groups in total. The molecule has 7 heteroatoms. The number of fused-ring (bicyclic) bond motifs is 1. The Labute approximate surface area is 173 Å². The average Bonchev–Trinajstić information content (AvgIpc) is 3.23. The Morgan fingerprint density at radius 1 is 0.967 bits per heavy atom. The minimum absolute atomic E-state index is 0.0433. The molecule has 0 unspecified atom stereocenters. The predicted octanol–water partition coefficient (Wildman–Crippen LogP) is 3.73. The number of aromatic nitrogens is 3. The van der Waals surface area contributed by atoms with Crippen molar-refractivity contribution >= 4 is 22.6 Å². The number of amides is 1. The van der Waals surface area contributed by atoms with Crippen LogP contribution in [-0.2, 0) is 0 Å². The summed E-state index contributed by atoms with van der Waals surface area (Å²) in [5.41, 5.74) is 3.26. The van der Waals surface area contributed by atoms with Gasteiger partial charge >= 0.3 is 0 Å². The number of para-hydroxylation sites is 1. The van der Waals surface area contributed by atoms with Crippen LogP contribution >= 0.6 is 0 Å². The van der Waals surface area contributed by atoms with Crippen LogP contribution in [0.15, 0.2) is 67.1 Å². The van der Waals surface area contributed by atoms with E-state index < -0.39 is 0 Å². The highest BCUT2D eigenvalue weighted by atomic mass is 19.1. The number of halogens is 1. The standard InChI is InChI=1S/C23H20FN5O/c24-17-7-5-16(6-8-17)21-13-22(27-15-26-21)28-9-11-29(12-10-28)23(30)19-14-25-20-4-2-1-3-18(19)20/h1-8,13-15,25H,9-12H2. The maximum Gasteiger partial charge on any atom is 0.256 e. The van der Waals surface area contributed by atoms with Gasteiger partial charge in [-0.25, -0.2) is 14.4 Å². The zero-order valence-electron chi connectivity index (χ0n) is 16.3. The van der Waals surface area contributed by atoms with Gasteiger partial charge in [0.15, 0.2) is 0 Å². The van der Waals surface area contributed by atoms with Crippen LogP contribution in [0.3, 0.4) is 0 Å². The zero-order chi connectivity index (χ0) is 20.5. The third-order valence-corrected chi connectivity index (χ3v) is 5.50. The zero-order valence-corrected chi connectivity index (χ0v) is 16.3. The molecule has 1 fully saturated rings. The molecule has 0 spiro atoms. The lowest BCUT2D eigenvalue weighted by molar-refractivity contribution is 0.0748. The van der Waals surface area contributed by atoms with Crippen LogP contribution in [-0.4, -0.2) is 51.9 Å². The predicted molar refractivity (Wildman–Crippen MR) is 114 cm³/mol. The van der Waals surface area contributed by atoms with E-state index in [1.807, 2.05) is 35.2 Å². The second kappa shape index (κ2) is 7.59. The first kappa shape index (κ1) is 18.3. The van der Waals surface area contributed by atoms with Crippen molar-refractivity contribution in [2.45, 2.75) is 0 Å². The highest BCUT2D eigenvalue weighted by Gasteiger charge is 2.24. The maximum atomic E-state index is 13.2.